The summed E-state index contributed by atoms with van der Waals surface area (Å²) < 4.78 is 0. The molecule has 0 aliphatic carbocycles. The Labute approximate surface area is 119 Å². The van der Waals surface area contributed by atoms with Crippen LogP contribution < -0.4 is 5.32 Å². The molecule has 0 fully saturated rings. The highest BCUT2D eigenvalue weighted by atomic mass is 14.9. The molecule has 0 saturated heterocycles. The lowest BCUT2D eigenvalue weighted by atomic mass is 10.1. The maximum absolute atomic E-state index is 3.56. The molecule has 2 aromatic carbocycles. The molecule has 0 unspecified atom stereocenters. The minimum atomic E-state index is 0.857. The first-order valence-corrected chi connectivity index (χ1v) is 7.24. The van der Waals surface area contributed by atoms with Gasteiger partial charge in [0.15, 0.2) is 0 Å². The van der Waals surface area contributed by atoms with Gasteiger partial charge >= 0.3 is 0 Å². The summed E-state index contributed by atoms with van der Waals surface area (Å²) in [7, 11) is 0. The lowest BCUT2D eigenvalue weighted by Gasteiger charge is -2.11. The van der Waals surface area contributed by atoms with E-state index < -0.39 is 0 Å². The minimum absolute atomic E-state index is 0.857. The number of H-pyrrole nitrogens is 1. The molecule has 0 atom stereocenters. The summed E-state index contributed by atoms with van der Waals surface area (Å²) in [4.78, 5) is 3.26. The van der Waals surface area contributed by atoms with Crippen molar-refractivity contribution in [3.05, 3.63) is 65.9 Å². The summed E-state index contributed by atoms with van der Waals surface area (Å²) in [5.74, 6) is 0. The smallest absolute Gasteiger partial charge is 0.0457 e. The third kappa shape index (κ3) is 2.69. The van der Waals surface area contributed by atoms with E-state index in [4.69, 9.17) is 0 Å². The number of hydrogen-bond donors (Lipinski definition) is 2. The van der Waals surface area contributed by atoms with Crippen LogP contribution >= 0.6 is 0 Å². The van der Waals surface area contributed by atoms with Crippen molar-refractivity contribution in [2.75, 3.05) is 5.32 Å². The van der Waals surface area contributed by atoms with Crippen LogP contribution in [0.2, 0.25) is 0 Å². The molecule has 0 spiro atoms. The first-order valence-electron chi connectivity index (χ1n) is 7.24. The maximum Gasteiger partial charge on any atom is 0.0457 e. The summed E-state index contributed by atoms with van der Waals surface area (Å²) in [6.07, 6.45) is 4.28. The van der Waals surface area contributed by atoms with Crippen LogP contribution in [-0.4, -0.2) is 4.98 Å². The van der Waals surface area contributed by atoms with Crippen LogP contribution in [0, 0.1) is 0 Å². The number of hydrogen-bond acceptors (Lipinski definition) is 1. The van der Waals surface area contributed by atoms with E-state index in [1.165, 1.54) is 34.1 Å². The molecule has 0 bridgehead atoms. The van der Waals surface area contributed by atoms with E-state index in [9.17, 15) is 0 Å². The fourth-order valence-corrected chi connectivity index (χ4v) is 2.58. The van der Waals surface area contributed by atoms with Crippen molar-refractivity contribution in [1.29, 1.82) is 0 Å². The molecule has 20 heavy (non-hydrogen) atoms. The second kappa shape index (κ2) is 5.83. The van der Waals surface area contributed by atoms with Gasteiger partial charge in [-0.3, -0.25) is 0 Å². The van der Waals surface area contributed by atoms with Crippen molar-refractivity contribution in [2.24, 2.45) is 0 Å². The van der Waals surface area contributed by atoms with Crippen LogP contribution in [0.1, 0.15) is 24.5 Å². The van der Waals surface area contributed by atoms with Gasteiger partial charge in [-0.05, 0) is 41.1 Å². The summed E-state index contributed by atoms with van der Waals surface area (Å²) in [6.45, 7) is 3.08. The van der Waals surface area contributed by atoms with Gasteiger partial charge in [-0.1, -0.05) is 43.7 Å². The van der Waals surface area contributed by atoms with Crippen LogP contribution in [0.15, 0.2) is 54.7 Å². The van der Waals surface area contributed by atoms with Crippen molar-refractivity contribution in [3.8, 4) is 0 Å². The fraction of sp³-hybridized carbons (Fsp3) is 0.222. The number of fused-ring (bicyclic) bond motifs is 1. The molecule has 1 aromatic heterocycles. The van der Waals surface area contributed by atoms with Crippen molar-refractivity contribution in [2.45, 2.75) is 26.3 Å². The molecule has 1 heterocycles. The Morgan fingerprint density at radius 1 is 1.05 bits per heavy atom. The van der Waals surface area contributed by atoms with Crippen LogP contribution in [0.4, 0.5) is 5.69 Å². The van der Waals surface area contributed by atoms with E-state index in [-0.39, 0.29) is 0 Å². The number of rotatable bonds is 5. The monoisotopic (exact) mass is 264 g/mol. The number of benzene rings is 2. The molecule has 2 nitrogen and oxygen atoms in total. The van der Waals surface area contributed by atoms with Crippen LogP contribution in [-0.2, 0) is 13.0 Å². The summed E-state index contributed by atoms with van der Waals surface area (Å²) in [5.41, 5.74) is 5.15. The number of aromatic nitrogens is 1. The zero-order valence-corrected chi connectivity index (χ0v) is 11.8. The van der Waals surface area contributed by atoms with E-state index in [0.717, 1.165) is 13.0 Å². The molecule has 3 rings (SSSR count). The number of nitrogens with one attached hydrogen (secondary N) is 2. The number of aryl methyl sites for hydroxylation is 1. The van der Waals surface area contributed by atoms with Gasteiger partial charge in [0, 0.05) is 23.9 Å². The molecule has 0 radical (unpaired) electrons. The van der Waals surface area contributed by atoms with E-state index in [0.29, 0.717) is 0 Å². The highest BCUT2D eigenvalue weighted by Gasteiger charge is 2.01. The van der Waals surface area contributed by atoms with Gasteiger partial charge in [0.1, 0.15) is 0 Å². The number of anilines is 1. The standard InChI is InChI=1S/C18H20N2/c1-2-5-15-6-3-4-7-17(15)20-13-14-8-9-16-10-11-19-18(16)12-14/h3-4,6-12,19-20H,2,5,13H2,1H3. The van der Waals surface area contributed by atoms with Gasteiger partial charge in [0.2, 0.25) is 0 Å². The predicted octanol–water partition coefficient (Wildman–Crippen LogP) is 4.73. The van der Waals surface area contributed by atoms with Gasteiger partial charge in [-0.15, -0.1) is 0 Å². The molecule has 0 aliphatic rings. The van der Waals surface area contributed by atoms with E-state index >= 15 is 0 Å². The molecule has 3 aromatic rings. The third-order valence-corrected chi connectivity index (χ3v) is 3.64. The summed E-state index contributed by atoms with van der Waals surface area (Å²) in [6, 6.07) is 17.2. The first kappa shape index (κ1) is 12.8. The first-order chi connectivity index (χ1) is 9.86. The Morgan fingerprint density at radius 3 is 2.85 bits per heavy atom. The molecule has 102 valence electrons. The maximum atomic E-state index is 3.56. The van der Waals surface area contributed by atoms with Crippen molar-refractivity contribution in [1.82, 2.24) is 4.98 Å². The Balaban J connectivity index is 1.75. The minimum Gasteiger partial charge on any atom is -0.381 e. The van der Waals surface area contributed by atoms with E-state index in [1.807, 2.05) is 6.20 Å². The fourth-order valence-electron chi connectivity index (χ4n) is 2.58. The molecule has 0 saturated carbocycles. The second-order valence-corrected chi connectivity index (χ2v) is 5.16. The van der Waals surface area contributed by atoms with Crippen LogP contribution in [0.25, 0.3) is 10.9 Å². The van der Waals surface area contributed by atoms with Crippen LogP contribution in [0.5, 0.6) is 0 Å². The lowest BCUT2D eigenvalue weighted by molar-refractivity contribution is 0.919. The second-order valence-electron chi connectivity index (χ2n) is 5.16. The van der Waals surface area contributed by atoms with Crippen molar-refractivity contribution in [3.63, 3.8) is 0 Å². The predicted molar refractivity (Wildman–Crippen MR) is 86.1 cm³/mol. The highest BCUT2D eigenvalue weighted by molar-refractivity contribution is 5.79. The van der Waals surface area contributed by atoms with Gasteiger partial charge in [-0.2, -0.15) is 0 Å². The Hall–Kier alpha value is -2.22. The molecule has 2 heteroatoms. The van der Waals surface area contributed by atoms with Gasteiger partial charge in [-0.25, -0.2) is 0 Å². The largest absolute Gasteiger partial charge is 0.381 e. The molecular weight excluding hydrogens is 244 g/mol. The Bertz CT molecular complexity index is 697. The SMILES string of the molecule is CCCc1ccccc1NCc1ccc2cc[nH]c2c1. The lowest BCUT2D eigenvalue weighted by Crippen LogP contribution is -2.02. The molecule has 0 aliphatic heterocycles. The average molecular weight is 264 g/mol. The summed E-state index contributed by atoms with van der Waals surface area (Å²) in [5, 5.41) is 4.82. The van der Waals surface area contributed by atoms with Crippen LogP contribution in [0.3, 0.4) is 0 Å². The third-order valence-electron chi connectivity index (χ3n) is 3.64. The van der Waals surface area contributed by atoms with Crippen molar-refractivity contribution >= 4 is 16.6 Å². The Morgan fingerprint density at radius 2 is 1.95 bits per heavy atom. The molecule has 2 N–H and O–H groups in total. The van der Waals surface area contributed by atoms with Gasteiger partial charge in [0.25, 0.3) is 0 Å². The molecular formula is C18H20N2. The molecule has 0 amide bonds. The zero-order chi connectivity index (χ0) is 13.8. The van der Waals surface area contributed by atoms with E-state index in [1.54, 1.807) is 0 Å². The Kier molecular flexibility index (Phi) is 3.73. The summed E-state index contributed by atoms with van der Waals surface area (Å²) >= 11 is 0. The number of aromatic amines is 1. The normalized spacial score (nSPS) is 10.8. The average Bonchev–Trinajstić information content (AvgIpc) is 2.94. The number of para-hydroxylation sites is 1. The van der Waals surface area contributed by atoms with Gasteiger partial charge < -0.3 is 10.3 Å². The van der Waals surface area contributed by atoms with E-state index in [2.05, 4.69) is 65.8 Å². The van der Waals surface area contributed by atoms with Crippen molar-refractivity contribution < 1.29 is 0 Å². The highest BCUT2D eigenvalue weighted by Crippen LogP contribution is 2.19. The quantitative estimate of drug-likeness (QED) is 0.685. The zero-order valence-electron chi connectivity index (χ0n) is 11.8. The topological polar surface area (TPSA) is 27.8 Å². The van der Waals surface area contributed by atoms with Gasteiger partial charge in [0.05, 0.1) is 0 Å².